The number of nitrogens with two attached hydrogens (primary N) is 1. The van der Waals surface area contributed by atoms with Crippen molar-refractivity contribution in [1.82, 2.24) is 9.97 Å². The van der Waals surface area contributed by atoms with Crippen LogP contribution in [0.5, 0.6) is 5.88 Å². The molecule has 3 N–H and O–H groups in total. The molecule has 0 aliphatic rings. The molecule has 0 aliphatic heterocycles. The lowest BCUT2D eigenvalue weighted by Crippen LogP contribution is -2.11. The topological polar surface area (TPSA) is 73.1 Å². The molecule has 0 spiro atoms. The average Bonchev–Trinajstić information content (AvgIpc) is 2.66. The van der Waals surface area contributed by atoms with Crippen LogP contribution in [0.1, 0.15) is 6.92 Å². The number of nitrogens with zero attached hydrogens (tertiary/aromatic N) is 2. The Bertz CT molecular complexity index is 442. The first-order chi connectivity index (χ1) is 6.85. The number of nitrogens with one attached hydrogen (secondary N) is 1. The van der Waals surface area contributed by atoms with Crippen molar-refractivity contribution in [3.63, 3.8) is 0 Å². The van der Waals surface area contributed by atoms with Crippen molar-refractivity contribution in [3.05, 3.63) is 11.4 Å². The van der Waals surface area contributed by atoms with Gasteiger partial charge < -0.3 is 4.74 Å². The molecule has 0 aromatic carbocycles. The predicted molar refractivity (Wildman–Crippen MR) is 56.4 cm³/mol. The molecule has 0 unspecified atom stereocenters. The van der Waals surface area contributed by atoms with Gasteiger partial charge in [0, 0.05) is 0 Å². The molecule has 6 heteroatoms. The largest absolute Gasteiger partial charge is 0.477 e. The van der Waals surface area contributed by atoms with Gasteiger partial charge >= 0.3 is 0 Å². The highest BCUT2D eigenvalue weighted by Gasteiger charge is 2.08. The molecule has 2 aromatic heterocycles. The van der Waals surface area contributed by atoms with Gasteiger partial charge in [0.05, 0.1) is 12.0 Å². The van der Waals surface area contributed by atoms with E-state index >= 15 is 0 Å². The predicted octanol–water partition coefficient (Wildman–Crippen LogP) is 1.38. The van der Waals surface area contributed by atoms with Crippen molar-refractivity contribution in [2.45, 2.75) is 6.92 Å². The summed E-state index contributed by atoms with van der Waals surface area (Å²) in [7, 11) is 0. The number of ether oxygens (including phenoxy) is 1. The Morgan fingerprint density at radius 3 is 3.14 bits per heavy atom. The van der Waals surface area contributed by atoms with Gasteiger partial charge in [-0.15, -0.1) is 11.3 Å². The number of thiophene rings is 1. The molecule has 0 amide bonds. The van der Waals surface area contributed by atoms with E-state index in [0.29, 0.717) is 18.4 Å². The van der Waals surface area contributed by atoms with Crippen LogP contribution in [0.3, 0.4) is 0 Å². The van der Waals surface area contributed by atoms with Crippen LogP contribution >= 0.6 is 11.3 Å². The molecular weight excluding hydrogens is 200 g/mol. The van der Waals surface area contributed by atoms with E-state index in [2.05, 4.69) is 15.4 Å². The summed E-state index contributed by atoms with van der Waals surface area (Å²) in [6.45, 7) is 2.49. The Hall–Kier alpha value is -1.40. The standard InChI is InChI=1S/C8H10N4OS/c1-2-13-6-5-3-4-14-7(5)11-8(10-6)12-9/h3-4H,2,9H2,1H3,(H,10,11,12). The van der Waals surface area contributed by atoms with Gasteiger partial charge in [-0.25, -0.2) is 10.8 Å². The average molecular weight is 210 g/mol. The van der Waals surface area contributed by atoms with E-state index in [4.69, 9.17) is 10.6 Å². The fraction of sp³-hybridized carbons (Fsp3) is 0.250. The van der Waals surface area contributed by atoms with Crippen molar-refractivity contribution in [2.24, 2.45) is 5.84 Å². The van der Waals surface area contributed by atoms with Crippen LogP contribution < -0.4 is 16.0 Å². The van der Waals surface area contributed by atoms with E-state index in [1.54, 1.807) is 0 Å². The zero-order valence-corrected chi connectivity index (χ0v) is 8.47. The Morgan fingerprint density at radius 2 is 2.43 bits per heavy atom. The van der Waals surface area contributed by atoms with E-state index in [1.165, 1.54) is 11.3 Å². The highest BCUT2D eigenvalue weighted by molar-refractivity contribution is 7.16. The smallest absolute Gasteiger partial charge is 0.241 e. The van der Waals surface area contributed by atoms with E-state index in [9.17, 15) is 0 Å². The molecule has 2 heterocycles. The summed E-state index contributed by atoms with van der Waals surface area (Å²) in [5.41, 5.74) is 2.41. The number of anilines is 1. The summed E-state index contributed by atoms with van der Waals surface area (Å²) in [6.07, 6.45) is 0. The number of nitrogen functional groups attached to an aromatic ring is 1. The van der Waals surface area contributed by atoms with Gasteiger partial charge in [0.2, 0.25) is 11.8 Å². The SMILES string of the molecule is CCOc1nc(NN)nc2sccc12. The van der Waals surface area contributed by atoms with Gasteiger partial charge in [0.25, 0.3) is 0 Å². The molecule has 0 radical (unpaired) electrons. The first-order valence-corrected chi connectivity index (χ1v) is 5.07. The third-order valence-corrected chi connectivity index (χ3v) is 2.51. The highest BCUT2D eigenvalue weighted by Crippen LogP contribution is 2.27. The lowest BCUT2D eigenvalue weighted by atomic mass is 10.4. The minimum atomic E-state index is 0.378. The molecule has 0 aliphatic carbocycles. The summed E-state index contributed by atoms with van der Waals surface area (Å²) >= 11 is 1.53. The maximum Gasteiger partial charge on any atom is 0.241 e. The summed E-state index contributed by atoms with van der Waals surface area (Å²) in [5.74, 6) is 6.20. The van der Waals surface area contributed by atoms with Gasteiger partial charge in [0.1, 0.15) is 4.83 Å². The van der Waals surface area contributed by atoms with Crippen molar-refractivity contribution in [3.8, 4) is 5.88 Å². The van der Waals surface area contributed by atoms with Gasteiger partial charge in [0.15, 0.2) is 0 Å². The van der Waals surface area contributed by atoms with Crippen molar-refractivity contribution < 1.29 is 4.74 Å². The number of fused-ring (bicyclic) bond motifs is 1. The number of hydrogen-bond acceptors (Lipinski definition) is 6. The highest BCUT2D eigenvalue weighted by atomic mass is 32.1. The Kier molecular flexibility index (Phi) is 2.47. The summed E-state index contributed by atoms with van der Waals surface area (Å²) < 4.78 is 5.38. The number of rotatable bonds is 3. The Labute approximate surface area is 84.9 Å². The van der Waals surface area contributed by atoms with Crippen LogP contribution in [0.15, 0.2) is 11.4 Å². The van der Waals surface area contributed by atoms with E-state index < -0.39 is 0 Å². The zero-order valence-electron chi connectivity index (χ0n) is 7.65. The summed E-state index contributed by atoms with van der Waals surface area (Å²) in [4.78, 5) is 9.18. The number of hydrogen-bond donors (Lipinski definition) is 2. The lowest BCUT2D eigenvalue weighted by Gasteiger charge is -2.04. The Morgan fingerprint density at radius 1 is 1.57 bits per heavy atom. The molecule has 2 aromatic rings. The lowest BCUT2D eigenvalue weighted by molar-refractivity contribution is 0.331. The van der Waals surface area contributed by atoms with Crippen LogP contribution in [0.2, 0.25) is 0 Å². The molecule has 0 atom stereocenters. The third kappa shape index (κ3) is 1.49. The van der Waals surface area contributed by atoms with Crippen LogP contribution in [0.25, 0.3) is 10.2 Å². The van der Waals surface area contributed by atoms with Crippen LogP contribution in [0, 0.1) is 0 Å². The molecule has 14 heavy (non-hydrogen) atoms. The number of aromatic nitrogens is 2. The molecule has 5 nitrogen and oxygen atoms in total. The molecule has 74 valence electrons. The molecule has 0 fully saturated rings. The summed E-state index contributed by atoms with van der Waals surface area (Å²) in [6, 6.07) is 1.94. The van der Waals surface area contributed by atoms with Gasteiger partial charge in [-0.2, -0.15) is 4.98 Å². The summed E-state index contributed by atoms with van der Waals surface area (Å²) in [5, 5.41) is 2.87. The van der Waals surface area contributed by atoms with E-state index in [-0.39, 0.29) is 0 Å². The minimum Gasteiger partial charge on any atom is -0.477 e. The van der Waals surface area contributed by atoms with Gasteiger partial charge in [-0.3, -0.25) is 5.43 Å². The van der Waals surface area contributed by atoms with Gasteiger partial charge in [-0.1, -0.05) is 0 Å². The first kappa shape index (κ1) is 9.17. The molecule has 0 saturated heterocycles. The second-order valence-electron chi connectivity index (χ2n) is 2.57. The van der Waals surface area contributed by atoms with Crippen molar-refractivity contribution in [1.29, 1.82) is 0 Å². The van der Waals surface area contributed by atoms with Crippen molar-refractivity contribution >= 4 is 27.5 Å². The number of hydrazine groups is 1. The van der Waals surface area contributed by atoms with Gasteiger partial charge in [-0.05, 0) is 18.4 Å². The van der Waals surface area contributed by atoms with Crippen molar-refractivity contribution in [2.75, 3.05) is 12.0 Å². The fourth-order valence-corrected chi connectivity index (χ4v) is 1.89. The Balaban J connectivity index is 2.58. The van der Waals surface area contributed by atoms with Crippen LogP contribution in [0.4, 0.5) is 5.95 Å². The molecule has 2 rings (SSSR count). The maximum absolute atomic E-state index is 5.38. The van der Waals surface area contributed by atoms with Crippen LogP contribution in [-0.2, 0) is 0 Å². The third-order valence-electron chi connectivity index (χ3n) is 1.70. The molecule has 0 bridgehead atoms. The maximum atomic E-state index is 5.38. The van der Waals surface area contributed by atoms with E-state index in [1.807, 2.05) is 18.4 Å². The first-order valence-electron chi connectivity index (χ1n) is 4.19. The van der Waals surface area contributed by atoms with E-state index in [0.717, 1.165) is 10.2 Å². The second kappa shape index (κ2) is 3.77. The second-order valence-corrected chi connectivity index (χ2v) is 3.46. The molecular formula is C8H10N4OS. The molecule has 0 saturated carbocycles. The van der Waals surface area contributed by atoms with Crippen LogP contribution in [-0.4, -0.2) is 16.6 Å². The zero-order chi connectivity index (χ0) is 9.97. The fourth-order valence-electron chi connectivity index (χ4n) is 1.14. The monoisotopic (exact) mass is 210 g/mol. The quantitative estimate of drug-likeness (QED) is 0.591. The normalized spacial score (nSPS) is 10.4. The minimum absolute atomic E-state index is 0.378.